The van der Waals surface area contributed by atoms with Crippen molar-refractivity contribution in [2.45, 2.75) is 19.6 Å². The van der Waals surface area contributed by atoms with Crippen molar-refractivity contribution in [3.8, 4) is 22.8 Å². The van der Waals surface area contributed by atoms with Crippen LogP contribution in [0.25, 0.3) is 22.2 Å². The number of hydrogen-bond donors (Lipinski definition) is 1. The van der Waals surface area contributed by atoms with E-state index in [0.29, 0.717) is 41.1 Å². The SMILES string of the molecule is COc1cccc([C@H]2OCCn3c(-c4cccc(C)c4)c4c(=O)n(C)c(=O)n(C)c4c32)c1O. The second-order valence-electron chi connectivity index (χ2n) is 8.33. The number of phenolic OH excluding ortho intramolecular Hbond substituents is 1. The minimum atomic E-state index is -0.687. The zero-order valence-corrected chi connectivity index (χ0v) is 19.0. The summed E-state index contributed by atoms with van der Waals surface area (Å²) in [4.78, 5) is 26.3. The Morgan fingerprint density at radius 2 is 1.85 bits per heavy atom. The highest BCUT2D eigenvalue weighted by atomic mass is 16.5. The first-order chi connectivity index (χ1) is 15.8. The number of aromatic nitrogens is 3. The average molecular weight is 447 g/mol. The minimum absolute atomic E-state index is 0.0289. The van der Waals surface area contributed by atoms with Crippen molar-refractivity contribution in [1.29, 1.82) is 0 Å². The number of phenols is 1. The molecule has 8 heteroatoms. The molecule has 170 valence electrons. The zero-order valence-electron chi connectivity index (χ0n) is 19.0. The first kappa shape index (κ1) is 21.1. The third-order valence-corrected chi connectivity index (χ3v) is 6.38. The fraction of sp³-hybridized carbons (Fsp3) is 0.280. The third kappa shape index (κ3) is 3.01. The molecule has 3 heterocycles. The number of aryl methyl sites for hydroxylation is 2. The van der Waals surface area contributed by atoms with Crippen LogP contribution in [0.2, 0.25) is 0 Å². The van der Waals surface area contributed by atoms with Gasteiger partial charge in [0.1, 0.15) is 6.10 Å². The lowest BCUT2D eigenvalue weighted by atomic mass is 10.0. The molecule has 0 unspecified atom stereocenters. The van der Waals surface area contributed by atoms with E-state index in [2.05, 4.69) is 0 Å². The summed E-state index contributed by atoms with van der Waals surface area (Å²) in [5, 5.41) is 11.3. The number of aromatic hydroxyl groups is 1. The molecule has 33 heavy (non-hydrogen) atoms. The molecular weight excluding hydrogens is 422 g/mol. The smallest absolute Gasteiger partial charge is 0.331 e. The van der Waals surface area contributed by atoms with Crippen molar-refractivity contribution >= 4 is 10.9 Å². The van der Waals surface area contributed by atoms with Gasteiger partial charge in [-0.2, -0.15) is 0 Å². The van der Waals surface area contributed by atoms with Crippen molar-refractivity contribution in [2.24, 2.45) is 14.1 Å². The van der Waals surface area contributed by atoms with E-state index < -0.39 is 11.8 Å². The Morgan fingerprint density at radius 1 is 1.09 bits per heavy atom. The highest BCUT2D eigenvalue weighted by Gasteiger charge is 2.34. The van der Waals surface area contributed by atoms with E-state index in [1.807, 2.05) is 35.8 Å². The van der Waals surface area contributed by atoms with Crippen LogP contribution in [-0.4, -0.2) is 32.5 Å². The Hall–Kier alpha value is -3.78. The Labute approximate surface area is 189 Å². The van der Waals surface area contributed by atoms with Gasteiger partial charge in [-0.05, 0) is 24.6 Å². The molecule has 1 atom stereocenters. The van der Waals surface area contributed by atoms with Crippen LogP contribution in [0.5, 0.6) is 11.5 Å². The maximum absolute atomic E-state index is 13.4. The van der Waals surface area contributed by atoms with Crippen LogP contribution in [0.15, 0.2) is 52.1 Å². The van der Waals surface area contributed by atoms with Gasteiger partial charge in [-0.25, -0.2) is 4.79 Å². The molecule has 8 nitrogen and oxygen atoms in total. The van der Waals surface area contributed by atoms with Crippen molar-refractivity contribution in [2.75, 3.05) is 13.7 Å². The lowest BCUT2D eigenvalue weighted by Gasteiger charge is -2.28. The number of fused-ring (bicyclic) bond motifs is 3. The number of para-hydroxylation sites is 1. The van der Waals surface area contributed by atoms with E-state index in [9.17, 15) is 14.7 Å². The van der Waals surface area contributed by atoms with Crippen molar-refractivity contribution in [3.05, 3.63) is 80.1 Å². The molecule has 1 aliphatic heterocycles. The molecule has 2 aromatic heterocycles. The van der Waals surface area contributed by atoms with E-state index in [0.717, 1.165) is 21.4 Å². The van der Waals surface area contributed by atoms with Gasteiger partial charge in [0, 0.05) is 26.2 Å². The first-order valence-electron chi connectivity index (χ1n) is 10.7. The summed E-state index contributed by atoms with van der Waals surface area (Å²) in [6.45, 7) is 2.88. The van der Waals surface area contributed by atoms with E-state index in [1.54, 1.807) is 25.2 Å². The summed E-state index contributed by atoms with van der Waals surface area (Å²) in [5.41, 5.74) is 3.59. The van der Waals surface area contributed by atoms with Gasteiger partial charge in [-0.15, -0.1) is 0 Å². The molecule has 1 N–H and O–H groups in total. The van der Waals surface area contributed by atoms with Gasteiger partial charge >= 0.3 is 5.69 Å². The Kier molecular flexibility index (Phi) is 4.90. The topological polar surface area (TPSA) is 87.6 Å². The number of rotatable bonds is 3. The Bertz CT molecular complexity index is 1530. The van der Waals surface area contributed by atoms with Gasteiger partial charge in [0.05, 0.1) is 36.0 Å². The average Bonchev–Trinajstić information content (AvgIpc) is 3.17. The fourth-order valence-electron chi connectivity index (χ4n) is 4.82. The Balaban J connectivity index is 1.95. The molecule has 0 saturated carbocycles. The number of ether oxygens (including phenoxy) is 2. The summed E-state index contributed by atoms with van der Waals surface area (Å²) in [7, 11) is 4.63. The summed E-state index contributed by atoms with van der Waals surface area (Å²) in [5.74, 6) is 0.298. The van der Waals surface area contributed by atoms with Crippen LogP contribution in [0, 0.1) is 6.92 Å². The highest BCUT2D eigenvalue weighted by molar-refractivity contribution is 5.96. The van der Waals surface area contributed by atoms with Gasteiger partial charge in [-0.1, -0.05) is 35.9 Å². The first-order valence-corrected chi connectivity index (χ1v) is 10.7. The molecule has 4 aromatic rings. The molecule has 1 aliphatic rings. The van der Waals surface area contributed by atoms with Crippen LogP contribution < -0.4 is 16.0 Å². The van der Waals surface area contributed by atoms with Gasteiger partial charge in [0.2, 0.25) is 0 Å². The summed E-state index contributed by atoms with van der Waals surface area (Å²) in [6.07, 6.45) is -0.687. The number of nitrogens with zero attached hydrogens (tertiary/aromatic N) is 3. The summed E-state index contributed by atoms with van der Waals surface area (Å²) < 4.78 is 16.1. The quantitative estimate of drug-likeness (QED) is 0.522. The number of methoxy groups -OCH3 is 1. The predicted octanol–water partition coefficient (Wildman–Crippen LogP) is 2.85. The molecule has 0 amide bonds. The monoisotopic (exact) mass is 447 g/mol. The molecule has 0 bridgehead atoms. The van der Waals surface area contributed by atoms with Crippen molar-refractivity contribution in [3.63, 3.8) is 0 Å². The summed E-state index contributed by atoms with van der Waals surface area (Å²) >= 11 is 0. The Morgan fingerprint density at radius 3 is 2.58 bits per heavy atom. The van der Waals surface area contributed by atoms with E-state index in [-0.39, 0.29) is 11.3 Å². The van der Waals surface area contributed by atoms with E-state index in [1.165, 1.54) is 18.7 Å². The van der Waals surface area contributed by atoms with Gasteiger partial charge < -0.3 is 19.1 Å². The maximum atomic E-state index is 13.4. The van der Waals surface area contributed by atoms with E-state index in [4.69, 9.17) is 9.47 Å². The van der Waals surface area contributed by atoms with Gasteiger partial charge in [0.15, 0.2) is 11.5 Å². The normalized spacial score (nSPS) is 15.6. The fourth-order valence-corrected chi connectivity index (χ4v) is 4.82. The summed E-state index contributed by atoms with van der Waals surface area (Å²) in [6, 6.07) is 13.2. The van der Waals surface area contributed by atoms with Crippen LogP contribution in [0.3, 0.4) is 0 Å². The minimum Gasteiger partial charge on any atom is -0.504 e. The highest BCUT2D eigenvalue weighted by Crippen LogP contribution is 2.44. The van der Waals surface area contributed by atoms with Crippen molar-refractivity contribution < 1.29 is 14.6 Å². The lowest BCUT2D eigenvalue weighted by molar-refractivity contribution is 0.0462. The maximum Gasteiger partial charge on any atom is 0.331 e. The van der Waals surface area contributed by atoms with Crippen LogP contribution in [0.4, 0.5) is 0 Å². The largest absolute Gasteiger partial charge is 0.504 e. The predicted molar refractivity (Wildman–Crippen MR) is 125 cm³/mol. The molecular formula is C25H25N3O5. The second-order valence-corrected chi connectivity index (χ2v) is 8.33. The molecule has 0 fully saturated rings. The van der Waals surface area contributed by atoms with Crippen molar-refractivity contribution in [1.82, 2.24) is 13.7 Å². The molecule has 0 radical (unpaired) electrons. The standard InChI is InChI=1S/C25H25N3O5/c1-14-7-5-8-15(13-14)19-18-20(26(2)25(31)27(3)24(18)30)21-23(33-12-11-28(19)21)16-9-6-10-17(32-4)22(16)29/h5-10,13,23,29H,11-12H2,1-4H3/t23-/m1/s1. The number of benzene rings is 2. The van der Waals surface area contributed by atoms with E-state index >= 15 is 0 Å². The van der Waals surface area contributed by atoms with Crippen LogP contribution in [-0.2, 0) is 25.4 Å². The third-order valence-electron chi connectivity index (χ3n) is 6.38. The second kappa shape index (κ2) is 7.67. The molecule has 0 spiro atoms. The molecule has 5 rings (SSSR count). The molecule has 2 aromatic carbocycles. The van der Waals surface area contributed by atoms with Gasteiger partial charge in [-0.3, -0.25) is 13.9 Å². The zero-order chi connectivity index (χ0) is 23.4. The van der Waals surface area contributed by atoms with Crippen LogP contribution >= 0.6 is 0 Å². The lowest BCUT2D eigenvalue weighted by Crippen LogP contribution is -2.37. The molecule has 0 saturated heterocycles. The molecule has 0 aliphatic carbocycles. The van der Waals surface area contributed by atoms with Gasteiger partial charge in [0.25, 0.3) is 5.56 Å². The van der Waals surface area contributed by atoms with Crippen LogP contribution in [0.1, 0.15) is 22.9 Å². The number of hydrogen-bond acceptors (Lipinski definition) is 5.